The quantitative estimate of drug-likeness (QED) is 0.224. The first kappa shape index (κ1) is 32.5. The molecule has 2 amide bonds. The van der Waals surface area contributed by atoms with Crippen LogP contribution in [0.15, 0.2) is 42.9 Å². The Morgan fingerprint density at radius 2 is 1.73 bits per heavy atom. The zero-order chi connectivity index (χ0) is 29.8. The number of aromatic amines is 1. The second-order valence-electron chi connectivity index (χ2n) is 12.6. The fourth-order valence-corrected chi connectivity index (χ4v) is 5.53. The fourth-order valence-electron chi connectivity index (χ4n) is 5.53. The Morgan fingerprint density at radius 3 is 2.34 bits per heavy atom. The first-order valence-corrected chi connectivity index (χ1v) is 15.0. The van der Waals surface area contributed by atoms with Crippen molar-refractivity contribution in [2.75, 3.05) is 13.6 Å². The van der Waals surface area contributed by atoms with Gasteiger partial charge in [0.25, 0.3) is 0 Å². The monoisotopic (exact) mass is 567 g/mol. The number of amides is 2. The Labute approximate surface area is 244 Å². The Hall–Kier alpha value is -3.04. The van der Waals surface area contributed by atoms with Crippen molar-refractivity contribution in [1.29, 1.82) is 0 Å². The van der Waals surface area contributed by atoms with Crippen LogP contribution in [0.25, 0.3) is 0 Å². The van der Waals surface area contributed by atoms with E-state index in [1.807, 2.05) is 51.1 Å². The number of hydrogen-bond donors (Lipinski definition) is 5. The molecule has 1 aromatic carbocycles. The lowest BCUT2D eigenvalue weighted by molar-refractivity contribution is -0.135. The van der Waals surface area contributed by atoms with E-state index in [0.29, 0.717) is 31.0 Å². The molecule has 3 rings (SSSR count). The highest BCUT2D eigenvalue weighted by Gasteiger charge is 2.33. The molecule has 1 saturated carbocycles. The number of carbonyl (C=O) groups excluding carboxylic acids is 3. The van der Waals surface area contributed by atoms with Gasteiger partial charge in [-0.1, -0.05) is 83.2 Å². The molecule has 5 N–H and O–H groups in total. The maximum absolute atomic E-state index is 13.8. The van der Waals surface area contributed by atoms with Crippen molar-refractivity contribution in [1.82, 2.24) is 25.9 Å². The molecule has 1 aliphatic rings. The summed E-state index contributed by atoms with van der Waals surface area (Å²) in [7, 11) is 1.77. The molecule has 9 nitrogen and oxygen atoms in total. The third-order valence-corrected chi connectivity index (χ3v) is 8.08. The number of aliphatic hydroxyl groups excluding tert-OH is 1. The Balaban J connectivity index is 1.80. The number of imidazole rings is 1. The van der Waals surface area contributed by atoms with E-state index in [1.165, 1.54) is 25.6 Å². The minimum atomic E-state index is -0.913. The average Bonchev–Trinajstić information content (AvgIpc) is 3.46. The molecule has 1 aromatic heterocycles. The van der Waals surface area contributed by atoms with E-state index in [1.54, 1.807) is 13.2 Å². The second-order valence-corrected chi connectivity index (χ2v) is 12.6. The predicted molar refractivity (Wildman–Crippen MR) is 160 cm³/mol. The lowest BCUT2D eigenvalue weighted by Gasteiger charge is -2.31. The van der Waals surface area contributed by atoms with E-state index >= 15 is 0 Å². The molecule has 0 aliphatic heterocycles. The largest absolute Gasteiger partial charge is 0.390 e. The molecule has 9 heteroatoms. The van der Waals surface area contributed by atoms with Crippen LogP contribution in [-0.4, -0.2) is 64.5 Å². The van der Waals surface area contributed by atoms with E-state index in [-0.39, 0.29) is 30.4 Å². The van der Waals surface area contributed by atoms with Crippen LogP contribution >= 0.6 is 0 Å². The number of benzene rings is 1. The standard InChI is InChI=1S/C32H49N5O4/c1-32(2,3)29(39)17-24(15-22-11-7-5-8-12-22)30(40)37-27(18-25-19-34-21-35-25)31(41)36-26(28(38)20-33-4)16-23-13-9-6-10-14-23/h5,7-8,11-12,19,21,23-24,26-28,33,38H,6,9-10,13-18,20H2,1-4H3,(H,34,35)(H,36,41)(H,37,40)/t24-,26+,27?,28+/m1/s1. The number of Topliss-reactive ketones (excluding diaryl/α,β-unsaturated/α-hetero) is 1. The average molecular weight is 568 g/mol. The second kappa shape index (κ2) is 15.8. The van der Waals surface area contributed by atoms with Crippen molar-refractivity contribution in [2.24, 2.45) is 17.3 Å². The van der Waals surface area contributed by atoms with Crippen molar-refractivity contribution in [3.8, 4) is 0 Å². The van der Waals surface area contributed by atoms with Crippen molar-refractivity contribution in [3.63, 3.8) is 0 Å². The van der Waals surface area contributed by atoms with E-state index in [9.17, 15) is 19.5 Å². The van der Waals surface area contributed by atoms with Gasteiger partial charge in [0.05, 0.1) is 24.2 Å². The number of rotatable bonds is 15. The molecular formula is C32H49N5O4. The number of aromatic nitrogens is 2. The summed E-state index contributed by atoms with van der Waals surface area (Å²) in [6, 6.07) is 8.25. The first-order valence-electron chi connectivity index (χ1n) is 15.0. The van der Waals surface area contributed by atoms with Crippen LogP contribution in [0.4, 0.5) is 0 Å². The Kier molecular flexibility index (Phi) is 12.5. The minimum absolute atomic E-state index is 0.00961. The normalized spacial score (nSPS) is 17.3. The van der Waals surface area contributed by atoms with Gasteiger partial charge in [-0.05, 0) is 31.4 Å². The van der Waals surface area contributed by atoms with Crippen molar-refractivity contribution in [2.45, 2.75) is 96.7 Å². The number of ketones is 1. The molecule has 1 fully saturated rings. The molecule has 0 radical (unpaired) electrons. The highest BCUT2D eigenvalue weighted by atomic mass is 16.3. The molecule has 0 saturated heterocycles. The summed E-state index contributed by atoms with van der Waals surface area (Å²) in [5.41, 5.74) is 0.998. The molecule has 0 bridgehead atoms. The van der Waals surface area contributed by atoms with Gasteiger partial charge in [0, 0.05) is 36.9 Å². The molecule has 1 aliphatic carbocycles. The third-order valence-electron chi connectivity index (χ3n) is 8.08. The molecule has 2 aromatic rings. The molecule has 4 atom stereocenters. The van der Waals surface area contributed by atoms with Crippen molar-refractivity contribution < 1.29 is 19.5 Å². The molecule has 1 heterocycles. The van der Waals surface area contributed by atoms with Gasteiger partial charge < -0.3 is 26.0 Å². The maximum atomic E-state index is 13.8. The van der Waals surface area contributed by atoms with Gasteiger partial charge in [-0.25, -0.2) is 4.98 Å². The van der Waals surface area contributed by atoms with Crippen LogP contribution in [0, 0.1) is 17.3 Å². The molecule has 0 spiro atoms. The van der Waals surface area contributed by atoms with Gasteiger partial charge in [-0.15, -0.1) is 0 Å². The zero-order valence-corrected chi connectivity index (χ0v) is 25.1. The summed E-state index contributed by atoms with van der Waals surface area (Å²) in [6.07, 6.45) is 9.56. The first-order chi connectivity index (χ1) is 19.6. The van der Waals surface area contributed by atoms with Crippen molar-refractivity contribution in [3.05, 3.63) is 54.1 Å². The number of hydrogen-bond acceptors (Lipinski definition) is 6. The summed E-state index contributed by atoms with van der Waals surface area (Å²) >= 11 is 0. The highest BCUT2D eigenvalue weighted by Crippen LogP contribution is 2.28. The van der Waals surface area contributed by atoms with Crippen LogP contribution in [0.1, 0.15) is 77.0 Å². The topological polar surface area (TPSA) is 136 Å². The van der Waals surface area contributed by atoms with Crippen LogP contribution in [0.5, 0.6) is 0 Å². The minimum Gasteiger partial charge on any atom is -0.390 e. The highest BCUT2D eigenvalue weighted by molar-refractivity contribution is 5.92. The summed E-state index contributed by atoms with van der Waals surface area (Å²) in [5, 5.41) is 20.0. The smallest absolute Gasteiger partial charge is 0.243 e. The maximum Gasteiger partial charge on any atom is 0.243 e. The Morgan fingerprint density at radius 1 is 1.02 bits per heavy atom. The van der Waals surface area contributed by atoms with E-state index in [4.69, 9.17) is 0 Å². The van der Waals surface area contributed by atoms with Gasteiger partial charge in [0.2, 0.25) is 11.8 Å². The number of nitrogens with zero attached hydrogens (tertiary/aromatic N) is 1. The SMILES string of the molecule is CNC[C@H](O)[C@H](CC1CCCCC1)NC(=O)C(Cc1c[nH]cn1)NC(=O)[C@@H](CC(=O)C(C)(C)C)Cc1ccccc1. The van der Waals surface area contributed by atoms with E-state index in [0.717, 1.165) is 18.4 Å². The molecule has 41 heavy (non-hydrogen) atoms. The number of carbonyl (C=O) groups is 3. The van der Waals surface area contributed by atoms with Crippen molar-refractivity contribution >= 4 is 17.6 Å². The van der Waals surface area contributed by atoms with Crippen LogP contribution in [-0.2, 0) is 27.2 Å². The molecule has 1 unspecified atom stereocenters. The van der Waals surface area contributed by atoms with Crippen LogP contribution in [0.2, 0.25) is 0 Å². The molecule has 226 valence electrons. The van der Waals surface area contributed by atoms with Gasteiger partial charge in [0.1, 0.15) is 11.8 Å². The van der Waals surface area contributed by atoms with Gasteiger partial charge in [0.15, 0.2) is 0 Å². The van der Waals surface area contributed by atoms with Gasteiger partial charge in [-0.2, -0.15) is 0 Å². The van der Waals surface area contributed by atoms with E-state index < -0.39 is 29.5 Å². The lowest BCUT2D eigenvalue weighted by Crippen LogP contribution is -2.56. The fraction of sp³-hybridized carbons (Fsp3) is 0.625. The number of H-pyrrole nitrogens is 1. The van der Waals surface area contributed by atoms with Crippen LogP contribution in [0.3, 0.4) is 0 Å². The van der Waals surface area contributed by atoms with E-state index in [2.05, 4.69) is 25.9 Å². The zero-order valence-electron chi connectivity index (χ0n) is 25.1. The number of aliphatic hydroxyl groups is 1. The number of likely N-dealkylation sites (N-methyl/N-ethyl adjacent to an activating group) is 1. The molecular weight excluding hydrogens is 518 g/mol. The number of nitrogens with one attached hydrogen (secondary N) is 4. The van der Waals surface area contributed by atoms with Crippen LogP contribution < -0.4 is 16.0 Å². The van der Waals surface area contributed by atoms with Gasteiger partial charge >= 0.3 is 0 Å². The lowest BCUT2D eigenvalue weighted by atomic mass is 9.83. The summed E-state index contributed by atoms with van der Waals surface area (Å²) < 4.78 is 0. The third kappa shape index (κ3) is 10.7. The summed E-state index contributed by atoms with van der Waals surface area (Å²) in [4.78, 5) is 47.7. The Bertz CT molecular complexity index is 1080. The van der Waals surface area contributed by atoms with Gasteiger partial charge in [-0.3, -0.25) is 14.4 Å². The summed E-state index contributed by atoms with van der Waals surface area (Å²) in [6.45, 7) is 5.90. The predicted octanol–water partition coefficient (Wildman–Crippen LogP) is 3.34. The summed E-state index contributed by atoms with van der Waals surface area (Å²) in [5.74, 6) is -0.908.